The van der Waals surface area contributed by atoms with E-state index < -0.39 is 24.1 Å². The molecule has 0 unspecified atom stereocenters. The van der Waals surface area contributed by atoms with Crippen molar-refractivity contribution >= 4 is 17.0 Å². The number of halogens is 3. The number of imidazole rings is 1. The second-order valence-corrected chi connectivity index (χ2v) is 6.44. The highest BCUT2D eigenvalue weighted by molar-refractivity contribution is 5.95. The van der Waals surface area contributed by atoms with Crippen molar-refractivity contribution in [1.82, 2.24) is 9.55 Å². The zero-order valence-electron chi connectivity index (χ0n) is 15.3. The number of hydrogen-bond donors (Lipinski definition) is 1. The van der Waals surface area contributed by atoms with E-state index in [0.717, 1.165) is 12.1 Å². The van der Waals surface area contributed by atoms with Gasteiger partial charge in [0.1, 0.15) is 22.8 Å². The molecular weight excluding hydrogens is 377 g/mol. The first-order valence-electron chi connectivity index (χ1n) is 8.38. The lowest BCUT2D eigenvalue weighted by Gasteiger charge is -2.11. The Morgan fingerprint density at radius 3 is 2.54 bits per heavy atom. The van der Waals surface area contributed by atoms with Crippen LogP contribution in [0.5, 0.6) is 11.5 Å². The number of fused-ring (bicyclic) bond motifs is 1. The molecule has 2 aromatic carbocycles. The van der Waals surface area contributed by atoms with Crippen molar-refractivity contribution in [2.45, 2.75) is 33.4 Å². The Morgan fingerprint density at radius 2 is 1.89 bits per heavy atom. The highest BCUT2D eigenvalue weighted by Crippen LogP contribution is 2.27. The highest BCUT2D eigenvalue weighted by atomic mass is 19.3. The summed E-state index contributed by atoms with van der Waals surface area (Å²) in [6, 6.07) is 6.01. The molecule has 1 aromatic heterocycles. The number of benzene rings is 2. The third-order valence-electron chi connectivity index (χ3n) is 4.12. The van der Waals surface area contributed by atoms with Crippen LogP contribution in [0.1, 0.15) is 35.8 Å². The number of aromatic nitrogens is 2. The van der Waals surface area contributed by atoms with Gasteiger partial charge < -0.3 is 14.5 Å². The van der Waals surface area contributed by atoms with Gasteiger partial charge in [0.2, 0.25) is 0 Å². The molecule has 0 spiro atoms. The van der Waals surface area contributed by atoms with E-state index in [-0.39, 0.29) is 34.1 Å². The first-order chi connectivity index (χ1) is 13.2. The first-order valence-corrected chi connectivity index (χ1v) is 8.38. The molecule has 0 radical (unpaired) electrons. The van der Waals surface area contributed by atoms with E-state index in [0.29, 0.717) is 5.56 Å². The molecule has 0 atom stereocenters. The number of esters is 1. The number of hydrogen-bond acceptors (Lipinski definition) is 4. The molecule has 1 heterocycles. The number of ether oxygens (including phenoxy) is 2. The Morgan fingerprint density at radius 1 is 1.18 bits per heavy atom. The van der Waals surface area contributed by atoms with E-state index in [4.69, 9.17) is 4.74 Å². The van der Waals surface area contributed by atoms with Crippen LogP contribution in [0.3, 0.4) is 0 Å². The molecule has 0 bridgehead atoms. The van der Waals surface area contributed by atoms with Gasteiger partial charge in [-0.15, -0.1) is 0 Å². The zero-order chi connectivity index (χ0) is 20.6. The maximum Gasteiger partial charge on any atom is 0.387 e. The third kappa shape index (κ3) is 3.73. The number of nitrogens with zero attached hydrogens (tertiary/aromatic N) is 1. The molecule has 28 heavy (non-hydrogen) atoms. The quantitative estimate of drug-likeness (QED) is 0.521. The van der Waals surface area contributed by atoms with Gasteiger partial charge in [0.25, 0.3) is 0 Å². The van der Waals surface area contributed by atoms with Crippen LogP contribution in [0.15, 0.2) is 35.1 Å². The third-order valence-corrected chi connectivity index (χ3v) is 4.12. The number of nitrogens with one attached hydrogen (secondary N) is 1. The minimum absolute atomic E-state index is 0.0156. The van der Waals surface area contributed by atoms with Gasteiger partial charge in [0, 0.05) is 12.1 Å². The average Bonchev–Trinajstić information content (AvgIpc) is 2.94. The van der Waals surface area contributed by atoms with Gasteiger partial charge >= 0.3 is 18.3 Å². The number of H-pyrrole nitrogens is 1. The van der Waals surface area contributed by atoms with Crippen molar-refractivity contribution in [2.24, 2.45) is 0 Å². The van der Waals surface area contributed by atoms with Crippen LogP contribution in [0, 0.1) is 12.7 Å². The highest BCUT2D eigenvalue weighted by Gasteiger charge is 2.19. The van der Waals surface area contributed by atoms with Crippen LogP contribution in [-0.2, 0) is 0 Å². The molecule has 1 N–H and O–H groups in total. The minimum Gasteiger partial charge on any atom is -0.434 e. The Labute approximate surface area is 157 Å². The van der Waals surface area contributed by atoms with E-state index >= 15 is 0 Å². The molecule has 0 aliphatic rings. The summed E-state index contributed by atoms with van der Waals surface area (Å²) in [5.74, 6) is -1.87. The van der Waals surface area contributed by atoms with E-state index in [9.17, 15) is 22.8 Å². The van der Waals surface area contributed by atoms with Crippen molar-refractivity contribution in [3.63, 3.8) is 0 Å². The lowest BCUT2D eigenvalue weighted by Crippen LogP contribution is -2.18. The molecule has 3 rings (SSSR count). The first kappa shape index (κ1) is 19.5. The SMILES string of the molecule is Cc1ccc(OC(=O)c2cc(F)c3[nH]c(=O)n(C(C)C)c3c2)cc1OC(F)F. The van der Waals surface area contributed by atoms with Gasteiger partial charge in [0.05, 0.1) is 11.1 Å². The Balaban J connectivity index is 1.96. The number of rotatable bonds is 5. The fourth-order valence-electron chi connectivity index (χ4n) is 2.85. The van der Waals surface area contributed by atoms with Crippen molar-refractivity contribution in [3.05, 3.63) is 57.8 Å². The van der Waals surface area contributed by atoms with E-state index in [2.05, 4.69) is 9.72 Å². The summed E-state index contributed by atoms with van der Waals surface area (Å²) >= 11 is 0. The predicted octanol–water partition coefficient (Wildman–Crippen LogP) is 4.18. The number of aryl methyl sites for hydroxylation is 1. The number of carbonyl (C=O) groups excluding carboxylic acids is 1. The van der Waals surface area contributed by atoms with Gasteiger partial charge in [-0.1, -0.05) is 6.07 Å². The van der Waals surface area contributed by atoms with Crippen LogP contribution < -0.4 is 15.2 Å². The summed E-state index contributed by atoms with van der Waals surface area (Å²) in [6.45, 7) is 2.02. The van der Waals surface area contributed by atoms with Crippen LogP contribution >= 0.6 is 0 Å². The summed E-state index contributed by atoms with van der Waals surface area (Å²) in [5.41, 5.74) is 0.00802. The topological polar surface area (TPSA) is 73.3 Å². The summed E-state index contributed by atoms with van der Waals surface area (Å²) < 4.78 is 50.1. The van der Waals surface area contributed by atoms with Crippen molar-refractivity contribution in [3.8, 4) is 11.5 Å². The maximum absolute atomic E-state index is 14.4. The van der Waals surface area contributed by atoms with Gasteiger partial charge in [-0.25, -0.2) is 14.0 Å². The Kier molecular flexibility index (Phi) is 5.17. The molecule has 0 fully saturated rings. The summed E-state index contributed by atoms with van der Waals surface area (Å²) in [5, 5.41) is 0. The smallest absolute Gasteiger partial charge is 0.387 e. The van der Waals surface area contributed by atoms with Crippen LogP contribution in [-0.4, -0.2) is 22.1 Å². The van der Waals surface area contributed by atoms with Gasteiger partial charge in [-0.05, 0) is 44.5 Å². The fourth-order valence-corrected chi connectivity index (χ4v) is 2.85. The maximum atomic E-state index is 14.4. The summed E-state index contributed by atoms with van der Waals surface area (Å²) in [4.78, 5) is 26.9. The van der Waals surface area contributed by atoms with Crippen LogP contribution in [0.4, 0.5) is 13.2 Å². The molecule has 0 saturated carbocycles. The molecule has 0 aliphatic heterocycles. The van der Waals surface area contributed by atoms with E-state index in [1.165, 1.54) is 22.8 Å². The second-order valence-electron chi connectivity index (χ2n) is 6.44. The van der Waals surface area contributed by atoms with Crippen molar-refractivity contribution in [2.75, 3.05) is 0 Å². The summed E-state index contributed by atoms with van der Waals surface area (Å²) in [7, 11) is 0. The number of aromatic amines is 1. The second kappa shape index (κ2) is 7.41. The van der Waals surface area contributed by atoms with Gasteiger partial charge in [0.15, 0.2) is 0 Å². The standard InChI is InChI=1S/C19H17F3N2O4/c1-9(2)24-14-7-11(6-13(20)16(14)23-19(24)26)17(25)27-12-5-4-10(3)15(8-12)28-18(21)22/h4-9,18H,1-3H3,(H,23,26). The lowest BCUT2D eigenvalue weighted by molar-refractivity contribution is -0.0503. The average molecular weight is 394 g/mol. The zero-order valence-corrected chi connectivity index (χ0v) is 15.3. The number of carbonyl (C=O) groups is 1. The van der Waals surface area contributed by atoms with E-state index in [1.54, 1.807) is 20.8 Å². The monoisotopic (exact) mass is 394 g/mol. The minimum atomic E-state index is -3.03. The Bertz CT molecular complexity index is 1100. The normalized spacial score (nSPS) is 11.4. The van der Waals surface area contributed by atoms with Crippen LogP contribution in [0.2, 0.25) is 0 Å². The van der Waals surface area contributed by atoms with Gasteiger partial charge in [-0.3, -0.25) is 4.57 Å². The molecule has 6 nitrogen and oxygen atoms in total. The molecule has 148 valence electrons. The van der Waals surface area contributed by atoms with Crippen molar-refractivity contribution < 1.29 is 27.4 Å². The molecule has 0 saturated heterocycles. The predicted molar refractivity (Wildman–Crippen MR) is 95.7 cm³/mol. The fraction of sp³-hybridized carbons (Fsp3) is 0.263. The number of alkyl halides is 2. The molecule has 0 aliphatic carbocycles. The molecule has 9 heteroatoms. The van der Waals surface area contributed by atoms with Crippen molar-refractivity contribution in [1.29, 1.82) is 0 Å². The van der Waals surface area contributed by atoms with Crippen LogP contribution in [0.25, 0.3) is 11.0 Å². The molecular formula is C19H17F3N2O4. The molecule has 0 amide bonds. The molecule has 3 aromatic rings. The van der Waals surface area contributed by atoms with Gasteiger partial charge in [-0.2, -0.15) is 8.78 Å². The Hall–Kier alpha value is -3.23. The van der Waals surface area contributed by atoms with E-state index in [1.807, 2.05) is 0 Å². The summed E-state index contributed by atoms with van der Waals surface area (Å²) in [6.07, 6.45) is 0. The lowest BCUT2D eigenvalue weighted by atomic mass is 10.1. The largest absolute Gasteiger partial charge is 0.434 e.